The van der Waals surface area contributed by atoms with Crippen LogP contribution in [0.2, 0.25) is 5.02 Å². The summed E-state index contributed by atoms with van der Waals surface area (Å²) in [5.41, 5.74) is -0.201. The minimum atomic E-state index is -0.609. The van der Waals surface area contributed by atoms with Crippen LogP contribution in [0.15, 0.2) is 47.4 Å². The fourth-order valence-corrected chi connectivity index (χ4v) is 2.85. The van der Waals surface area contributed by atoms with Gasteiger partial charge in [0, 0.05) is 34.3 Å². The molecule has 7 nitrogen and oxygen atoms in total. The van der Waals surface area contributed by atoms with Crippen LogP contribution >= 0.6 is 23.4 Å². The Morgan fingerprint density at radius 3 is 2.65 bits per heavy atom. The van der Waals surface area contributed by atoms with E-state index in [0.717, 1.165) is 11.0 Å². The third kappa shape index (κ3) is 6.05. The normalized spacial score (nSPS) is 10.2. The minimum absolute atomic E-state index is 0.0188. The lowest BCUT2D eigenvalue weighted by Crippen LogP contribution is -2.30. The molecule has 2 aromatic carbocycles. The van der Waals surface area contributed by atoms with Crippen molar-refractivity contribution < 1.29 is 19.2 Å². The highest BCUT2D eigenvalue weighted by atomic mass is 35.5. The molecular weight excluding hydrogens is 380 g/mol. The summed E-state index contributed by atoms with van der Waals surface area (Å²) in [6.07, 6.45) is 0.447. The van der Waals surface area contributed by atoms with Crippen molar-refractivity contribution in [1.82, 2.24) is 5.32 Å². The monoisotopic (exact) mass is 394 g/mol. The Balaban J connectivity index is 1.75. The molecule has 9 heteroatoms. The van der Waals surface area contributed by atoms with Crippen LogP contribution in [0.5, 0.6) is 5.75 Å². The molecule has 0 saturated carbocycles. The number of hydrogen-bond donors (Lipinski definition) is 1. The van der Waals surface area contributed by atoms with Crippen molar-refractivity contribution in [2.45, 2.75) is 4.90 Å². The van der Waals surface area contributed by atoms with E-state index in [2.05, 4.69) is 5.32 Å². The molecule has 0 saturated heterocycles. The van der Waals surface area contributed by atoms with Gasteiger partial charge in [0.25, 0.3) is 11.6 Å². The Hall–Kier alpha value is -2.58. The summed E-state index contributed by atoms with van der Waals surface area (Å²) in [6, 6.07) is 11.0. The predicted octanol–water partition coefficient (Wildman–Crippen LogP) is 3.35. The summed E-state index contributed by atoms with van der Waals surface area (Å²) in [6.45, 7) is 0.153. The number of amides is 1. The van der Waals surface area contributed by atoms with E-state index < -0.39 is 4.92 Å². The summed E-state index contributed by atoms with van der Waals surface area (Å²) in [5, 5.41) is 14.1. The number of benzene rings is 2. The second-order valence-corrected chi connectivity index (χ2v) is 6.64. The number of aldehydes is 1. The molecule has 0 aliphatic rings. The molecule has 1 N–H and O–H groups in total. The van der Waals surface area contributed by atoms with E-state index in [1.165, 1.54) is 12.1 Å². The summed E-state index contributed by atoms with van der Waals surface area (Å²) in [7, 11) is 0. The molecule has 0 atom stereocenters. The van der Waals surface area contributed by atoms with Gasteiger partial charge in [-0.2, -0.15) is 0 Å². The van der Waals surface area contributed by atoms with Crippen LogP contribution in [-0.2, 0) is 4.79 Å². The number of nitro benzene ring substituents is 1. The molecular formula is C17H15ClN2O5S. The molecule has 0 aromatic heterocycles. The van der Waals surface area contributed by atoms with Crippen LogP contribution < -0.4 is 10.1 Å². The van der Waals surface area contributed by atoms with E-state index >= 15 is 0 Å². The van der Waals surface area contributed by atoms with Crippen LogP contribution in [0.25, 0.3) is 0 Å². The molecule has 1 amide bonds. The molecule has 0 fully saturated rings. The summed E-state index contributed by atoms with van der Waals surface area (Å²) >= 11 is 7.38. The Morgan fingerprint density at radius 1 is 1.27 bits per heavy atom. The van der Waals surface area contributed by atoms with Gasteiger partial charge < -0.3 is 10.1 Å². The van der Waals surface area contributed by atoms with Gasteiger partial charge in [-0.25, -0.2) is 0 Å². The lowest BCUT2D eigenvalue weighted by atomic mass is 10.2. The standard InChI is InChI=1S/C17H15ClN2O5S/c18-13-1-4-15(5-2-13)26-8-7-19-17(22)11-25-16-6-3-14(20(23)24)9-12(16)10-21/h1-6,9-10H,7-8,11H2,(H,19,22). The van der Waals surface area contributed by atoms with Gasteiger partial charge in [0.1, 0.15) is 5.75 Å². The average Bonchev–Trinajstić information content (AvgIpc) is 2.64. The molecule has 0 aliphatic carbocycles. The van der Waals surface area contributed by atoms with E-state index in [4.69, 9.17) is 16.3 Å². The largest absolute Gasteiger partial charge is 0.483 e. The lowest BCUT2D eigenvalue weighted by Gasteiger charge is -2.09. The topological polar surface area (TPSA) is 98.5 Å². The number of thioether (sulfide) groups is 1. The van der Waals surface area contributed by atoms with Crippen molar-refractivity contribution in [3.05, 3.63) is 63.2 Å². The van der Waals surface area contributed by atoms with Crippen molar-refractivity contribution in [3.8, 4) is 5.75 Å². The SMILES string of the molecule is O=Cc1cc([N+](=O)[O-])ccc1OCC(=O)NCCSc1ccc(Cl)cc1. The number of rotatable bonds is 9. The van der Waals surface area contributed by atoms with Gasteiger partial charge in [-0.3, -0.25) is 19.7 Å². The quantitative estimate of drug-likeness (QED) is 0.230. The number of halogens is 1. The highest BCUT2D eigenvalue weighted by Gasteiger charge is 2.12. The summed E-state index contributed by atoms with van der Waals surface area (Å²) in [4.78, 5) is 33.9. The molecule has 2 rings (SSSR count). The second-order valence-electron chi connectivity index (χ2n) is 5.04. The van der Waals surface area contributed by atoms with Gasteiger partial charge in [-0.15, -0.1) is 11.8 Å². The maximum atomic E-state index is 11.8. The summed E-state index contributed by atoms with van der Waals surface area (Å²) < 4.78 is 5.27. The number of non-ortho nitro benzene ring substituents is 1. The van der Waals surface area contributed by atoms with Gasteiger partial charge in [-0.1, -0.05) is 11.6 Å². The Bertz CT molecular complexity index is 798. The van der Waals surface area contributed by atoms with Crippen LogP contribution in [0.1, 0.15) is 10.4 Å². The molecule has 0 aliphatic heterocycles. The number of hydrogen-bond acceptors (Lipinski definition) is 6. The first-order chi connectivity index (χ1) is 12.5. The van der Waals surface area contributed by atoms with Gasteiger partial charge >= 0.3 is 0 Å². The van der Waals surface area contributed by atoms with Gasteiger partial charge in [0.2, 0.25) is 0 Å². The Morgan fingerprint density at radius 2 is 2.00 bits per heavy atom. The van der Waals surface area contributed by atoms with Gasteiger partial charge in [0.15, 0.2) is 12.9 Å². The highest BCUT2D eigenvalue weighted by Crippen LogP contribution is 2.22. The molecule has 0 spiro atoms. The van der Waals surface area contributed by atoms with Crippen molar-refractivity contribution in [2.24, 2.45) is 0 Å². The smallest absolute Gasteiger partial charge is 0.270 e. The Labute approximate surface area is 158 Å². The van der Waals surface area contributed by atoms with Crippen molar-refractivity contribution >= 4 is 41.2 Å². The third-order valence-corrected chi connectivity index (χ3v) is 4.46. The van der Waals surface area contributed by atoms with Crippen molar-refractivity contribution in [1.29, 1.82) is 0 Å². The minimum Gasteiger partial charge on any atom is -0.483 e. The van der Waals surface area contributed by atoms with Crippen LogP contribution in [0.4, 0.5) is 5.69 Å². The van der Waals surface area contributed by atoms with Crippen LogP contribution in [0.3, 0.4) is 0 Å². The van der Waals surface area contributed by atoms with Crippen LogP contribution in [0, 0.1) is 10.1 Å². The first-order valence-corrected chi connectivity index (χ1v) is 8.87. The van der Waals surface area contributed by atoms with E-state index in [1.54, 1.807) is 23.9 Å². The second kappa shape index (κ2) is 9.79. The number of carbonyl (C=O) groups is 2. The molecule has 136 valence electrons. The average molecular weight is 395 g/mol. The van der Waals surface area contributed by atoms with Crippen molar-refractivity contribution in [2.75, 3.05) is 18.9 Å². The fraction of sp³-hybridized carbons (Fsp3) is 0.176. The maximum Gasteiger partial charge on any atom is 0.270 e. The number of ether oxygens (including phenoxy) is 1. The van der Waals surface area contributed by atoms with E-state index in [9.17, 15) is 19.7 Å². The highest BCUT2D eigenvalue weighted by molar-refractivity contribution is 7.99. The van der Waals surface area contributed by atoms with Gasteiger partial charge in [-0.05, 0) is 30.3 Å². The lowest BCUT2D eigenvalue weighted by molar-refractivity contribution is -0.384. The van der Waals surface area contributed by atoms with E-state index in [1.807, 2.05) is 12.1 Å². The molecule has 0 radical (unpaired) electrons. The molecule has 2 aromatic rings. The first kappa shape index (κ1) is 19.7. The van der Waals surface area contributed by atoms with E-state index in [0.29, 0.717) is 23.6 Å². The molecule has 0 heterocycles. The molecule has 0 bridgehead atoms. The van der Waals surface area contributed by atoms with Crippen LogP contribution in [-0.4, -0.2) is 36.0 Å². The zero-order valence-electron chi connectivity index (χ0n) is 13.5. The summed E-state index contributed by atoms with van der Waals surface area (Å²) in [5.74, 6) is 0.443. The number of nitro groups is 1. The molecule has 26 heavy (non-hydrogen) atoms. The molecule has 0 unspecified atom stereocenters. The predicted molar refractivity (Wildman–Crippen MR) is 99.2 cm³/mol. The number of nitrogens with one attached hydrogen (secondary N) is 1. The maximum absolute atomic E-state index is 11.8. The Kier molecular flexibility index (Phi) is 7.43. The van der Waals surface area contributed by atoms with Crippen molar-refractivity contribution in [3.63, 3.8) is 0 Å². The number of nitrogens with zero attached hydrogens (tertiary/aromatic N) is 1. The zero-order chi connectivity index (χ0) is 18.9. The third-order valence-electron chi connectivity index (χ3n) is 3.20. The number of carbonyl (C=O) groups excluding carboxylic acids is 2. The zero-order valence-corrected chi connectivity index (χ0v) is 15.1. The van der Waals surface area contributed by atoms with Gasteiger partial charge in [0.05, 0.1) is 10.5 Å². The fourth-order valence-electron chi connectivity index (χ4n) is 1.96. The first-order valence-electron chi connectivity index (χ1n) is 7.51. The van der Waals surface area contributed by atoms with E-state index in [-0.39, 0.29) is 29.5 Å².